The number of aromatic amines is 4. The fraction of sp³-hybridized carbons (Fsp3) is 0.438. The molecule has 31 nitrogen and oxygen atoms in total. The van der Waals surface area contributed by atoms with Gasteiger partial charge >= 0.3 is 30.3 Å². The smallest absolute Gasteiger partial charge is 0.407 e. The molecule has 6 aromatic carbocycles. The first-order valence-corrected chi connectivity index (χ1v) is 43.6. The van der Waals surface area contributed by atoms with Crippen LogP contribution in [0.2, 0.25) is 0 Å². The molecule has 6 fully saturated rings. The highest BCUT2D eigenvalue weighted by Gasteiger charge is 2.57. The number of benzene rings is 6. The Kier molecular flexibility index (Phi) is 27.3. The van der Waals surface area contributed by atoms with Crippen molar-refractivity contribution in [1.82, 2.24) is 81.2 Å². The fourth-order valence-corrected chi connectivity index (χ4v) is 17.8. The van der Waals surface area contributed by atoms with Crippen molar-refractivity contribution in [2.75, 3.05) is 54.6 Å². The lowest BCUT2D eigenvalue weighted by atomic mass is 9.97. The van der Waals surface area contributed by atoms with E-state index in [4.69, 9.17) is 34.3 Å². The van der Waals surface area contributed by atoms with E-state index in [-0.39, 0.29) is 88.7 Å². The first-order valence-electron chi connectivity index (χ1n) is 43.6. The van der Waals surface area contributed by atoms with Crippen LogP contribution in [0.4, 0.5) is 19.2 Å². The Hall–Kier alpha value is -13.4. The molecule has 0 bridgehead atoms. The number of carboxylic acid groups (broad SMARTS) is 1. The van der Waals surface area contributed by atoms with E-state index in [1.54, 1.807) is 18.0 Å². The maximum atomic E-state index is 13.9. The van der Waals surface area contributed by atoms with Gasteiger partial charge in [0.1, 0.15) is 47.5 Å². The van der Waals surface area contributed by atoms with Gasteiger partial charge < -0.3 is 85.3 Å². The summed E-state index contributed by atoms with van der Waals surface area (Å²) in [5, 5.41) is 46.1. The second-order valence-electron chi connectivity index (χ2n) is 35.5. The predicted molar refractivity (Wildman–Crippen MR) is 477 cm³/mol. The molecule has 16 rings (SSSR count). The van der Waals surface area contributed by atoms with Gasteiger partial charge in [-0.25, -0.2) is 43.9 Å². The number of amides is 7. The molecule has 127 heavy (non-hydrogen) atoms. The summed E-state index contributed by atoms with van der Waals surface area (Å²) in [5.74, 6) is 0.668. The molecule has 7 amide bonds. The number of ether oxygens (including phenoxy) is 4. The topological polar surface area (TPSA) is 426 Å². The Labute approximate surface area is 737 Å². The number of hydrogen-bond acceptors (Lipinski definition) is 19. The third-order valence-corrected chi connectivity index (χ3v) is 26.3. The molecule has 0 unspecified atom stereocenters. The Morgan fingerprint density at radius 2 is 0.764 bits per heavy atom. The second kappa shape index (κ2) is 38.6. The monoisotopic (exact) mass is 1720 g/mol. The molecule has 31 heteroatoms. The van der Waals surface area contributed by atoms with Gasteiger partial charge in [0.25, 0.3) is 0 Å². The molecule has 10 N–H and O–H groups in total. The zero-order valence-electron chi connectivity index (χ0n) is 73.7. The summed E-state index contributed by atoms with van der Waals surface area (Å²) in [5.41, 5.74) is 12.2. The van der Waals surface area contributed by atoms with E-state index < -0.39 is 60.6 Å². The predicted octanol–water partition coefficient (Wildman–Crippen LogP) is 15.6. The van der Waals surface area contributed by atoms with Crippen LogP contribution in [0.15, 0.2) is 146 Å². The van der Waals surface area contributed by atoms with Crippen LogP contribution in [0, 0.1) is 69.0 Å². The first kappa shape index (κ1) is 89.8. The van der Waals surface area contributed by atoms with Crippen LogP contribution in [-0.2, 0) is 38.1 Å². The molecular formula is C96H112N18O13. The minimum absolute atomic E-state index is 0.0253. The summed E-state index contributed by atoms with van der Waals surface area (Å²) in [6, 6.07) is 43.2. The Morgan fingerprint density at radius 1 is 0.433 bits per heavy atom. The van der Waals surface area contributed by atoms with Crippen molar-refractivity contribution in [3.8, 4) is 79.4 Å². The maximum Gasteiger partial charge on any atom is 0.407 e. The number of likely N-dealkylation sites (tertiary alicyclic amines) is 3. The number of nitrogens with one attached hydrogen (secondary N) is 9. The molecule has 2 aliphatic carbocycles. The number of fused-ring (bicyclic) bond motifs is 2. The van der Waals surface area contributed by atoms with Gasteiger partial charge in [0, 0.05) is 37.3 Å². The summed E-state index contributed by atoms with van der Waals surface area (Å²) < 4.78 is 18.7. The number of rotatable bonds is 24. The minimum Gasteiger partial charge on any atom is -0.480 e. The van der Waals surface area contributed by atoms with Gasteiger partial charge in [-0.2, -0.15) is 10.5 Å². The van der Waals surface area contributed by atoms with Crippen LogP contribution in [0.5, 0.6) is 0 Å². The van der Waals surface area contributed by atoms with Gasteiger partial charge in [0.05, 0.1) is 124 Å². The Bertz CT molecular complexity index is 5770. The number of methoxy groups -OCH3 is 4. The van der Waals surface area contributed by atoms with Crippen LogP contribution >= 0.6 is 0 Å². The quantitative estimate of drug-likeness (QED) is 0.0251. The zero-order valence-corrected chi connectivity index (χ0v) is 73.7. The van der Waals surface area contributed by atoms with Gasteiger partial charge in [-0.3, -0.25) is 14.4 Å². The molecule has 4 saturated heterocycles. The molecule has 10 aromatic rings. The van der Waals surface area contributed by atoms with Crippen molar-refractivity contribution >= 4 is 69.6 Å². The highest BCUT2D eigenvalue weighted by molar-refractivity contribution is 5.93. The molecule has 0 radical (unpaired) electrons. The number of H-pyrrole nitrogens is 4. The van der Waals surface area contributed by atoms with E-state index in [9.17, 15) is 48.9 Å². The van der Waals surface area contributed by atoms with Crippen molar-refractivity contribution in [3.63, 3.8) is 0 Å². The van der Waals surface area contributed by atoms with Crippen LogP contribution in [-0.4, -0.2) is 187 Å². The average Bonchev–Trinajstić information content (AvgIpc) is 1.60. The van der Waals surface area contributed by atoms with E-state index in [0.29, 0.717) is 44.7 Å². The molecule has 2 saturated carbocycles. The normalized spacial score (nSPS) is 20.1. The first-order chi connectivity index (χ1) is 61.1. The lowest BCUT2D eigenvalue weighted by Gasteiger charge is -2.30. The number of hydrogen-bond donors (Lipinski definition) is 10. The third kappa shape index (κ3) is 20.1. The van der Waals surface area contributed by atoms with Gasteiger partial charge in [-0.1, -0.05) is 165 Å². The van der Waals surface area contributed by atoms with Crippen LogP contribution in [0.25, 0.3) is 88.8 Å². The van der Waals surface area contributed by atoms with Crippen molar-refractivity contribution in [2.45, 2.75) is 168 Å². The molecule has 2 spiro atoms. The van der Waals surface area contributed by atoms with Crippen LogP contribution < -0.4 is 26.6 Å². The van der Waals surface area contributed by atoms with Crippen molar-refractivity contribution < 1.29 is 62.4 Å². The Balaban J connectivity index is 0.000000183. The zero-order chi connectivity index (χ0) is 90.3. The lowest BCUT2D eigenvalue weighted by Crippen LogP contribution is -2.51. The number of imidazole rings is 4. The number of carbonyl (C=O) groups is 8. The van der Waals surface area contributed by atoms with Gasteiger partial charge in [0.2, 0.25) is 17.7 Å². The Morgan fingerprint density at radius 3 is 1.13 bits per heavy atom. The van der Waals surface area contributed by atoms with E-state index in [0.717, 1.165) is 151 Å². The summed E-state index contributed by atoms with van der Waals surface area (Å²) in [6.07, 6.45) is 13.3. The van der Waals surface area contributed by atoms with Gasteiger partial charge in [-0.05, 0) is 165 Å². The molecule has 664 valence electrons. The van der Waals surface area contributed by atoms with E-state index in [2.05, 4.69) is 184 Å². The molecule has 4 aliphatic heterocycles. The van der Waals surface area contributed by atoms with Crippen LogP contribution in [0.3, 0.4) is 0 Å². The SMILES string of the molecule is CC[C@H](C)[C@H](NC(=O)OC)C(=O)N1C[C@@H](C#N)C[C@H]1c1ncc(-c2ccc3cc(-c4ccc(-c5cnc([C@@H]6CC7(CC7)CN6C(=O)[C@@H](NC(=O)OC)C(C)C)[nH]5)cc4)ccc3c2)[nH]1.CC[C@H](C)[C@H](NC(=O)OC)C(=O)O.COC(=O)N[C@H](C(=O)N1CC2(CC2)C[C@H]1c1ncc(-c2ccc(-c3ccc4cc(-c5cnc([C@@H]6C[C@H](C#N)CN6)[nH]5)ccc4c3)cc2)[nH]1)C(C)C. The average molecular weight is 1730 g/mol. The number of aromatic nitrogens is 8. The standard InChI is InChI=1S/C48H55N9O6.C40H42N8O3.C8H15NO4/c1-7-28(4)41(55-47(61)63-6)45(59)56-25-29(22-49)18-38(56)42-50-24-37(53-42)35-15-14-33-19-32(12-13-34(33)20-35)30-8-10-31(11-9-30)36-23-51-43(52-36)39-21-48(16-17-48)26-57(39)44(58)40(27(2)3)54-46(60)62-5;1-23(2)35(47-39(50)51-3)38(49)48-22-40(12-13-40)17-34(48)37-44-20-32(46-37)26-6-4-25(5-7-26)27-8-9-29-16-30(11-10-28(29)15-27)33-21-43-36(45-33)31-14-24(18-41)19-42-31;1-4-5(2)6(7(10)11)9-8(12)13-3/h8-15,19-20,23-24,27-29,38-41H,7,16-18,21,25-26H2,1-6H3,(H,50,53)(H,51,52)(H,54,60)(H,55,61);4-11,15-16,20-21,23-24,31,34-35,42H,12-14,17,19,22H2,1-3H3,(H,43,45)(H,44,46)(H,47,50);5-6H,4H2,1-3H3,(H,9,12)(H,10,11)/t28-,29+,38-,39-,40-,41-;24-,31+,34+,35+;5-,6-/m010/s1. The third-order valence-electron chi connectivity index (χ3n) is 26.3. The molecule has 12 atom stereocenters. The number of nitrogens with zero attached hydrogens (tertiary/aromatic N) is 9. The van der Waals surface area contributed by atoms with E-state index in [1.807, 2.05) is 82.9 Å². The highest BCUT2D eigenvalue weighted by atomic mass is 16.6. The van der Waals surface area contributed by atoms with Gasteiger partial charge in [0.15, 0.2) is 0 Å². The molecular weight excluding hydrogens is 1610 g/mol. The molecule has 6 aliphatic rings. The largest absolute Gasteiger partial charge is 0.480 e. The molecule has 8 heterocycles. The summed E-state index contributed by atoms with van der Waals surface area (Å²) in [6.45, 7) is 17.5. The summed E-state index contributed by atoms with van der Waals surface area (Å²) in [7, 11) is 5.08. The maximum absolute atomic E-state index is 13.9. The van der Waals surface area contributed by atoms with Crippen molar-refractivity contribution in [2.24, 2.45) is 46.3 Å². The van der Waals surface area contributed by atoms with Gasteiger partial charge in [-0.15, -0.1) is 0 Å². The van der Waals surface area contributed by atoms with E-state index >= 15 is 0 Å². The lowest BCUT2D eigenvalue weighted by molar-refractivity contribution is -0.141. The van der Waals surface area contributed by atoms with Crippen LogP contribution in [0.1, 0.15) is 167 Å². The number of aliphatic carboxylic acids is 1. The number of carboxylic acids is 1. The van der Waals surface area contributed by atoms with Crippen molar-refractivity contribution in [1.29, 1.82) is 10.5 Å². The minimum atomic E-state index is -1.04. The second-order valence-corrected chi connectivity index (χ2v) is 35.5. The van der Waals surface area contributed by atoms with Crippen molar-refractivity contribution in [3.05, 3.63) is 169 Å². The number of nitriles is 2. The van der Waals surface area contributed by atoms with E-state index in [1.165, 1.54) is 28.4 Å². The fourth-order valence-electron chi connectivity index (χ4n) is 17.8. The highest BCUT2D eigenvalue weighted by Crippen LogP contribution is 2.60. The summed E-state index contributed by atoms with van der Waals surface area (Å²) >= 11 is 0. The number of carbonyl (C=O) groups excluding carboxylic acids is 7. The molecule has 4 aromatic heterocycles. The number of alkyl carbamates (subject to hydrolysis) is 4. The summed E-state index contributed by atoms with van der Waals surface area (Å²) in [4.78, 5) is 138.